The molecule has 0 bridgehead atoms. The largest absolute Gasteiger partial charge is 0.534 e. The van der Waals surface area contributed by atoms with E-state index in [2.05, 4.69) is 14.7 Å². The number of hydrogen-bond donors (Lipinski definition) is 4. The number of amides is 1. The second-order valence-electron chi connectivity index (χ2n) is 7.96. The second kappa shape index (κ2) is 12.2. The van der Waals surface area contributed by atoms with Crippen LogP contribution < -0.4 is 10.2 Å². The van der Waals surface area contributed by atoms with Crippen LogP contribution in [-0.2, 0) is 23.7 Å². The number of hydrogen-bond acceptors (Lipinski definition) is 12. The molecule has 0 saturated heterocycles. The minimum absolute atomic E-state index is 0.0647. The lowest BCUT2D eigenvalue weighted by molar-refractivity contribution is -0.432. The van der Waals surface area contributed by atoms with Crippen LogP contribution in [0.4, 0.5) is 10.5 Å². The van der Waals surface area contributed by atoms with Gasteiger partial charge in [-0.15, -0.1) is 9.06 Å². The number of nitrogens with one attached hydrogen (secondary N) is 1. The average Bonchev–Trinajstić information content (AvgIpc) is 3.36. The molecule has 1 heterocycles. The van der Waals surface area contributed by atoms with Crippen LogP contribution in [0.3, 0.4) is 0 Å². The highest BCUT2D eigenvalue weighted by atomic mass is 32.2. The average molecular weight is 563 g/mol. The number of aromatic hydroxyl groups is 2. The van der Waals surface area contributed by atoms with Gasteiger partial charge in [-0.1, -0.05) is 28.9 Å². The molecule has 1 unspecified atom stereocenters. The fourth-order valence-corrected chi connectivity index (χ4v) is 4.94. The standard InChI is InChI=1S/C24H22N2O10S2/c1-13(27)37-9-8-21(28)25-14-2-4-16-17-5-3-15(38-36-35-32)11-19(17)20(18(16)10-14)12-33-24(31)34-26-22(29)6-7-23(26)30/h2-7,10-11,20,29-30,32H,8-9,12H2,1H3,(H,25,28). The van der Waals surface area contributed by atoms with E-state index >= 15 is 0 Å². The molecule has 1 aromatic heterocycles. The summed E-state index contributed by atoms with van der Waals surface area (Å²) in [5, 5.41) is 34.3. The van der Waals surface area contributed by atoms with Crippen LogP contribution in [0.1, 0.15) is 30.4 Å². The summed E-state index contributed by atoms with van der Waals surface area (Å²) in [7, 11) is 0. The molecule has 0 aliphatic heterocycles. The zero-order valence-electron chi connectivity index (χ0n) is 19.8. The summed E-state index contributed by atoms with van der Waals surface area (Å²) < 4.78 is 10.4. The number of anilines is 1. The first-order valence-electron chi connectivity index (χ1n) is 11.1. The number of thioether (sulfide) groups is 1. The van der Waals surface area contributed by atoms with E-state index in [1.807, 2.05) is 12.1 Å². The molecule has 0 spiro atoms. The van der Waals surface area contributed by atoms with Crippen LogP contribution in [0.15, 0.2) is 53.4 Å². The molecule has 0 saturated carbocycles. The molecule has 0 fully saturated rings. The van der Waals surface area contributed by atoms with Gasteiger partial charge in [-0.25, -0.2) is 10.1 Å². The lowest BCUT2D eigenvalue weighted by atomic mass is 9.97. The van der Waals surface area contributed by atoms with Gasteiger partial charge in [0.25, 0.3) is 0 Å². The fraction of sp³-hybridized carbons (Fsp3) is 0.208. The van der Waals surface area contributed by atoms with Crippen molar-refractivity contribution in [1.29, 1.82) is 0 Å². The second-order valence-corrected chi connectivity index (χ2v) is 10.0. The van der Waals surface area contributed by atoms with E-state index in [1.165, 1.54) is 6.92 Å². The van der Waals surface area contributed by atoms with Crippen LogP contribution in [0.25, 0.3) is 11.1 Å². The van der Waals surface area contributed by atoms with Crippen molar-refractivity contribution in [2.75, 3.05) is 17.7 Å². The van der Waals surface area contributed by atoms with Gasteiger partial charge in [0.05, 0.1) is 12.0 Å². The monoisotopic (exact) mass is 562 g/mol. The Hall–Kier alpha value is -3.69. The van der Waals surface area contributed by atoms with E-state index in [1.54, 1.807) is 24.3 Å². The third-order valence-corrected chi connectivity index (χ3v) is 6.92. The van der Waals surface area contributed by atoms with Crippen molar-refractivity contribution in [3.8, 4) is 22.9 Å². The molecule has 4 N–H and O–H groups in total. The fourth-order valence-electron chi connectivity index (χ4n) is 3.96. The Morgan fingerprint density at radius 2 is 1.68 bits per heavy atom. The summed E-state index contributed by atoms with van der Waals surface area (Å²) in [6.07, 6.45) is -1.01. The van der Waals surface area contributed by atoms with E-state index in [0.29, 0.717) is 21.1 Å². The predicted octanol–water partition coefficient (Wildman–Crippen LogP) is 4.31. The Balaban J connectivity index is 1.55. The molecule has 1 amide bonds. The number of benzene rings is 2. The van der Waals surface area contributed by atoms with Crippen LogP contribution in [0.5, 0.6) is 11.8 Å². The van der Waals surface area contributed by atoms with Gasteiger partial charge < -0.3 is 20.3 Å². The summed E-state index contributed by atoms with van der Waals surface area (Å²) in [5.41, 5.74) is 3.76. The molecule has 14 heteroatoms. The zero-order valence-corrected chi connectivity index (χ0v) is 21.4. The summed E-state index contributed by atoms with van der Waals surface area (Å²) in [4.78, 5) is 41.2. The minimum atomic E-state index is -1.17. The van der Waals surface area contributed by atoms with Gasteiger partial charge in [-0.3, -0.25) is 14.4 Å². The molecule has 0 radical (unpaired) electrons. The molecular formula is C24H22N2O10S2. The van der Waals surface area contributed by atoms with Crippen molar-refractivity contribution in [3.05, 3.63) is 59.7 Å². The van der Waals surface area contributed by atoms with Crippen molar-refractivity contribution >= 4 is 46.7 Å². The molecule has 38 heavy (non-hydrogen) atoms. The smallest absolute Gasteiger partial charge is 0.492 e. The summed E-state index contributed by atoms with van der Waals surface area (Å²) in [6, 6.07) is 13.0. The molecule has 200 valence electrons. The molecular weight excluding hydrogens is 540 g/mol. The third-order valence-electron chi connectivity index (χ3n) is 5.53. The Bertz CT molecular complexity index is 1340. The SMILES string of the molecule is CC(=O)SCCC(=O)Nc1ccc2c(c1)C(COC(=O)On1c(O)ccc1O)c1cc(SOOO)ccc1-2. The number of nitrogens with zero attached hydrogens (tertiary/aromatic N) is 1. The molecule has 3 aromatic rings. The molecule has 1 aliphatic carbocycles. The maximum absolute atomic E-state index is 12.3. The molecule has 1 aliphatic rings. The van der Waals surface area contributed by atoms with Gasteiger partial charge in [0.1, 0.15) is 6.61 Å². The number of carbonyl (C=O) groups is 3. The van der Waals surface area contributed by atoms with Gasteiger partial charge >= 0.3 is 6.16 Å². The van der Waals surface area contributed by atoms with Crippen LogP contribution in [0.2, 0.25) is 0 Å². The highest BCUT2D eigenvalue weighted by Crippen LogP contribution is 2.47. The summed E-state index contributed by atoms with van der Waals surface area (Å²) in [5.74, 6) is -1.36. The Kier molecular flexibility index (Phi) is 8.81. The van der Waals surface area contributed by atoms with Crippen molar-refractivity contribution in [3.63, 3.8) is 0 Å². The van der Waals surface area contributed by atoms with Crippen molar-refractivity contribution in [2.24, 2.45) is 0 Å². The maximum atomic E-state index is 12.3. The van der Waals surface area contributed by atoms with Crippen molar-refractivity contribution in [2.45, 2.75) is 24.2 Å². The predicted molar refractivity (Wildman–Crippen MR) is 136 cm³/mol. The Morgan fingerprint density at radius 3 is 2.37 bits per heavy atom. The normalized spacial score (nSPS) is 13.5. The first kappa shape index (κ1) is 27.3. The topological polar surface area (TPSA) is 166 Å². The van der Waals surface area contributed by atoms with Gasteiger partial charge in [-0.05, 0) is 46.5 Å². The number of carbonyl (C=O) groups excluding carboxylic acids is 3. The number of rotatable bonds is 10. The molecule has 1 atom stereocenters. The van der Waals surface area contributed by atoms with Gasteiger partial charge in [-0.2, -0.15) is 0 Å². The Morgan fingerprint density at radius 1 is 1.00 bits per heavy atom. The summed E-state index contributed by atoms with van der Waals surface area (Å²) in [6.45, 7) is 1.26. The van der Waals surface area contributed by atoms with Gasteiger partial charge in [0.15, 0.2) is 5.12 Å². The maximum Gasteiger partial charge on any atom is 0.534 e. The van der Waals surface area contributed by atoms with E-state index in [4.69, 9.17) is 14.8 Å². The van der Waals surface area contributed by atoms with E-state index < -0.39 is 23.8 Å². The van der Waals surface area contributed by atoms with Crippen LogP contribution >= 0.6 is 23.8 Å². The lowest BCUT2D eigenvalue weighted by Crippen LogP contribution is -2.22. The van der Waals surface area contributed by atoms with Crippen molar-refractivity contribution in [1.82, 2.24) is 4.73 Å². The van der Waals surface area contributed by atoms with Crippen molar-refractivity contribution < 1.29 is 48.8 Å². The zero-order chi connectivity index (χ0) is 27.2. The quantitative estimate of drug-likeness (QED) is 0.120. The van der Waals surface area contributed by atoms with Crippen LogP contribution in [-0.4, -0.2) is 49.7 Å². The van der Waals surface area contributed by atoms with Gasteiger partial charge in [0.2, 0.25) is 17.7 Å². The first-order valence-corrected chi connectivity index (χ1v) is 12.8. The van der Waals surface area contributed by atoms with E-state index in [0.717, 1.165) is 58.2 Å². The molecule has 4 rings (SSSR count). The molecule has 12 nitrogen and oxygen atoms in total. The van der Waals surface area contributed by atoms with Gasteiger partial charge in [0, 0.05) is 47.7 Å². The third kappa shape index (κ3) is 6.41. The highest BCUT2D eigenvalue weighted by Gasteiger charge is 2.31. The van der Waals surface area contributed by atoms with E-state index in [-0.39, 0.29) is 24.1 Å². The Labute approximate surface area is 224 Å². The number of ether oxygens (including phenoxy) is 1. The van der Waals surface area contributed by atoms with Crippen LogP contribution in [0, 0.1) is 0 Å². The number of fused-ring (bicyclic) bond motifs is 3. The lowest BCUT2D eigenvalue weighted by Gasteiger charge is -2.16. The first-order chi connectivity index (χ1) is 18.3. The van der Waals surface area contributed by atoms with E-state index in [9.17, 15) is 24.6 Å². The highest BCUT2D eigenvalue weighted by molar-refractivity contribution is 8.13. The number of aromatic nitrogens is 1. The molecule has 2 aromatic carbocycles. The summed E-state index contributed by atoms with van der Waals surface area (Å²) >= 11 is 1.84. The minimum Gasteiger partial charge on any atom is -0.492 e.